The Morgan fingerprint density at radius 3 is 2.35 bits per heavy atom. The van der Waals surface area contributed by atoms with Gasteiger partial charge in [-0.2, -0.15) is 9.97 Å². The zero-order valence-corrected chi connectivity index (χ0v) is 11.4. The lowest BCUT2D eigenvalue weighted by Gasteiger charge is -2.33. The number of nitrogen functional groups attached to an aromatic ring is 2. The van der Waals surface area contributed by atoms with Gasteiger partial charge in [-0.25, -0.2) is 0 Å². The number of benzene rings is 1. The Bertz CT molecular complexity index is 556. The maximum Gasteiger partial charge on any atom is 0.223 e. The van der Waals surface area contributed by atoms with E-state index in [1.165, 1.54) is 5.56 Å². The Kier molecular flexibility index (Phi) is 3.41. The van der Waals surface area contributed by atoms with Crippen LogP contribution < -0.4 is 16.4 Å². The lowest BCUT2D eigenvalue weighted by molar-refractivity contribution is 0.503. The third kappa shape index (κ3) is 2.66. The van der Waals surface area contributed by atoms with Gasteiger partial charge in [-0.15, -0.1) is 0 Å². The first-order chi connectivity index (χ1) is 9.72. The van der Waals surface area contributed by atoms with Gasteiger partial charge in [-0.1, -0.05) is 30.3 Å². The molecular weight excluding hydrogens is 250 g/mol. The molecule has 0 aliphatic carbocycles. The molecule has 0 atom stereocenters. The summed E-state index contributed by atoms with van der Waals surface area (Å²) in [6, 6.07) is 12.5. The highest BCUT2D eigenvalue weighted by Crippen LogP contribution is 2.30. The predicted molar refractivity (Wildman–Crippen MR) is 81.5 cm³/mol. The molecule has 0 radical (unpaired) electrons. The minimum absolute atomic E-state index is 0.241. The zero-order valence-electron chi connectivity index (χ0n) is 11.4. The predicted octanol–water partition coefficient (Wildman–Crippen LogP) is 2.02. The van der Waals surface area contributed by atoms with Gasteiger partial charge in [-0.3, -0.25) is 0 Å². The molecule has 1 aromatic carbocycles. The minimum atomic E-state index is 0.241. The van der Waals surface area contributed by atoms with E-state index in [1.807, 2.05) is 0 Å². The van der Waals surface area contributed by atoms with Crippen molar-refractivity contribution in [3.63, 3.8) is 0 Å². The summed E-state index contributed by atoms with van der Waals surface area (Å²) in [6.45, 7) is 1.94. The lowest BCUT2D eigenvalue weighted by Crippen LogP contribution is -2.33. The normalized spacial score (nSPS) is 16.3. The molecule has 1 aromatic heterocycles. The van der Waals surface area contributed by atoms with Crippen molar-refractivity contribution >= 4 is 17.6 Å². The Hall–Kier alpha value is -2.30. The maximum atomic E-state index is 5.73. The van der Waals surface area contributed by atoms with Gasteiger partial charge in [0.25, 0.3) is 0 Å². The van der Waals surface area contributed by atoms with Gasteiger partial charge in [0, 0.05) is 19.2 Å². The molecule has 4 N–H and O–H groups in total. The minimum Gasteiger partial charge on any atom is -0.383 e. The summed E-state index contributed by atoms with van der Waals surface area (Å²) in [5.41, 5.74) is 12.8. The van der Waals surface area contributed by atoms with E-state index >= 15 is 0 Å². The number of anilines is 3. The highest BCUT2D eigenvalue weighted by Gasteiger charge is 2.21. The first kappa shape index (κ1) is 12.7. The monoisotopic (exact) mass is 269 g/mol. The molecule has 3 rings (SSSR count). The van der Waals surface area contributed by atoms with Gasteiger partial charge < -0.3 is 16.4 Å². The second-order valence-electron chi connectivity index (χ2n) is 5.18. The van der Waals surface area contributed by atoms with E-state index in [0.717, 1.165) is 31.7 Å². The van der Waals surface area contributed by atoms with E-state index in [9.17, 15) is 0 Å². The van der Waals surface area contributed by atoms with Crippen LogP contribution >= 0.6 is 0 Å². The molecule has 0 amide bonds. The van der Waals surface area contributed by atoms with Gasteiger partial charge in [0.1, 0.15) is 11.6 Å². The molecule has 0 saturated carbocycles. The van der Waals surface area contributed by atoms with Gasteiger partial charge in [-0.05, 0) is 24.3 Å². The van der Waals surface area contributed by atoms with Crippen molar-refractivity contribution in [1.29, 1.82) is 0 Å². The van der Waals surface area contributed by atoms with Crippen molar-refractivity contribution < 1.29 is 0 Å². The van der Waals surface area contributed by atoms with Crippen LogP contribution in [-0.2, 0) is 0 Å². The molecule has 0 spiro atoms. The molecule has 2 heterocycles. The van der Waals surface area contributed by atoms with E-state index in [0.29, 0.717) is 11.7 Å². The Morgan fingerprint density at radius 1 is 1.00 bits per heavy atom. The van der Waals surface area contributed by atoms with E-state index in [2.05, 4.69) is 45.2 Å². The number of hydrogen-bond acceptors (Lipinski definition) is 5. The Labute approximate surface area is 118 Å². The van der Waals surface area contributed by atoms with Crippen molar-refractivity contribution in [3.8, 4) is 0 Å². The zero-order chi connectivity index (χ0) is 13.9. The Balaban J connectivity index is 1.69. The maximum absolute atomic E-state index is 5.73. The fourth-order valence-electron chi connectivity index (χ4n) is 2.80. The van der Waals surface area contributed by atoms with Crippen LogP contribution in [0.1, 0.15) is 24.3 Å². The third-order valence-electron chi connectivity index (χ3n) is 3.84. The largest absolute Gasteiger partial charge is 0.383 e. The third-order valence-corrected chi connectivity index (χ3v) is 3.84. The van der Waals surface area contributed by atoms with Crippen LogP contribution in [0.3, 0.4) is 0 Å². The molecule has 1 fully saturated rings. The van der Waals surface area contributed by atoms with Crippen molar-refractivity contribution in [1.82, 2.24) is 9.97 Å². The van der Waals surface area contributed by atoms with E-state index in [-0.39, 0.29) is 5.95 Å². The Morgan fingerprint density at radius 2 is 1.70 bits per heavy atom. The van der Waals surface area contributed by atoms with E-state index in [4.69, 9.17) is 11.5 Å². The molecule has 1 saturated heterocycles. The van der Waals surface area contributed by atoms with E-state index < -0.39 is 0 Å². The van der Waals surface area contributed by atoms with E-state index in [1.54, 1.807) is 6.07 Å². The van der Waals surface area contributed by atoms with Crippen LogP contribution in [0.15, 0.2) is 36.4 Å². The lowest BCUT2D eigenvalue weighted by atomic mass is 9.89. The number of hydrogen-bond donors (Lipinski definition) is 2. The molecule has 20 heavy (non-hydrogen) atoms. The standard InChI is InChI=1S/C15H19N5/c16-13-10-14(19-15(17)18-13)20-8-6-12(7-9-20)11-4-2-1-3-5-11/h1-5,10,12H,6-9H2,(H4,16,17,18,19). The van der Waals surface area contributed by atoms with Crippen LogP contribution in [0.25, 0.3) is 0 Å². The summed E-state index contributed by atoms with van der Waals surface area (Å²) in [7, 11) is 0. The number of nitrogens with two attached hydrogens (primary N) is 2. The highest BCUT2D eigenvalue weighted by atomic mass is 15.2. The highest BCUT2D eigenvalue weighted by molar-refractivity contribution is 5.50. The average molecular weight is 269 g/mol. The number of piperidine rings is 1. The van der Waals surface area contributed by atoms with Gasteiger partial charge in [0.15, 0.2) is 0 Å². The van der Waals surface area contributed by atoms with Gasteiger partial charge in [0.05, 0.1) is 0 Å². The van der Waals surface area contributed by atoms with Crippen LogP contribution in [0.4, 0.5) is 17.6 Å². The molecule has 0 unspecified atom stereocenters. The summed E-state index contributed by atoms with van der Waals surface area (Å²) in [5, 5.41) is 0. The summed E-state index contributed by atoms with van der Waals surface area (Å²) in [4.78, 5) is 10.4. The van der Waals surface area contributed by atoms with Gasteiger partial charge >= 0.3 is 0 Å². The molecule has 2 aromatic rings. The van der Waals surface area contributed by atoms with Gasteiger partial charge in [0.2, 0.25) is 5.95 Å². The van der Waals surface area contributed by atoms with Crippen molar-refractivity contribution in [3.05, 3.63) is 42.0 Å². The smallest absolute Gasteiger partial charge is 0.223 e. The topological polar surface area (TPSA) is 81.1 Å². The fraction of sp³-hybridized carbons (Fsp3) is 0.333. The van der Waals surface area contributed by atoms with Crippen LogP contribution in [0.5, 0.6) is 0 Å². The van der Waals surface area contributed by atoms with Crippen LogP contribution in [0.2, 0.25) is 0 Å². The number of nitrogens with zero attached hydrogens (tertiary/aromatic N) is 3. The SMILES string of the molecule is Nc1cc(N2CCC(c3ccccc3)CC2)nc(N)n1. The fourth-order valence-corrected chi connectivity index (χ4v) is 2.80. The van der Waals surface area contributed by atoms with Crippen LogP contribution in [-0.4, -0.2) is 23.1 Å². The first-order valence-electron chi connectivity index (χ1n) is 6.92. The molecule has 5 nitrogen and oxygen atoms in total. The summed E-state index contributed by atoms with van der Waals surface area (Å²) in [6.07, 6.45) is 2.24. The second-order valence-corrected chi connectivity index (χ2v) is 5.18. The second kappa shape index (κ2) is 5.36. The van der Waals surface area contributed by atoms with Crippen molar-refractivity contribution in [2.45, 2.75) is 18.8 Å². The summed E-state index contributed by atoms with van der Waals surface area (Å²) in [5.74, 6) is 2.13. The number of aromatic nitrogens is 2. The molecular formula is C15H19N5. The average Bonchev–Trinajstić information content (AvgIpc) is 2.47. The molecule has 0 bridgehead atoms. The molecule has 1 aliphatic rings. The number of rotatable bonds is 2. The summed E-state index contributed by atoms with van der Waals surface area (Å²) < 4.78 is 0. The molecule has 104 valence electrons. The van der Waals surface area contributed by atoms with Crippen LogP contribution in [0, 0.1) is 0 Å². The first-order valence-corrected chi connectivity index (χ1v) is 6.92. The summed E-state index contributed by atoms with van der Waals surface area (Å²) >= 11 is 0. The molecule has 5 heteroatoms. The molecule has 1 aliphatic heterocycles. The quantitative estimate of drug-likeness (QED) is 0.871. The van der Waals surface area contributed by atoms with Crippen molar-refractivity contribution in [2.75, 3.05) is 29.5 Å². The van der Waals surface area contributed by atoms with Crippen molar-refractivity contribution in [2.24, 2.45) is 0 Å².